The predicted octanol–water partition coefficient (Wildman–Crippen LogP) is 5.19. The van der Waals surface area contributed by atoms with Crippen LogP contribution in [0.1, 0.15) is 19.3 Å². The van der Waals surface area contributed by atoms with Crippen LogP contribution in [0.2, 0.25) is 0 Å². The average Bonchev–Trinajstić information content (AvgIpc) is 2.29. The summed E-state index contributed by atoms with van der Waals surface area (Å²) in [5.41, 5.74) is -5.80. The van der Waals surface area contributed by atoms with Crippen LogP contribution in [0.25, 0.3) is 0 Å². The number of carboxylic acids is 1. The summed E-state index contributed by atoms with van der Waals surface area (Å²) < 4.78 is 164. The lowest BCUT2D eigenvalue weighted by atomic mass is 9.75. The maximum Gasteiger partial charge on any atom is 0.459 e. The lowest BCUT2D eigenvalue weighted by Crippen LogP contribution is -2.59. The first kappa shape index (κ1) is 23.6. The van der Waals surface area contributed by atoms with E-state index in [1.807, 2.05) is 0 Å². The largest absolute Gasteiger partial charge is 0.481 e. The fourth-order valence-corrected chi connectivity index (χ4v) is 1.75. The van der Waals surface area contributed by atoms with Gasteiger partial charge in [-0.1, -0.05) is 0 Å². The zero-order valence-corrected chi connectivity index (χ0v) is 11.4. The van der Waals surface area contributed by atoms with E-state index in [-0.39, 0.29) is 0 Å². The first-order valence-corrected chi connectivity index (χ1v) is 5.80. The molecule has 1 N–H and O–H groups in total. The Balaban J connectivity index is 6.31. The van der Waals surface area contributed by atoms with Crippen molar-refractivity contribution >= 4 is 5.97 Å². The van der Waals surface area contributed by atoms with E-state index in [4.69, 9.17) is 5.11 Å². The fourth-order valence-electron chi connectivity index (χ4n) is 1.75. The average molecular weight is 406 g/mol. The first-order valence-electron chi connectivity index (χ1n) is 5.80. The molecule has 0 aliphatic heterocycles. The third-order valence-electron chi connectivity index (χ3n) is 3.19. The van der Waals surface area contributed by atoms with Crippen LogP contribution in [-0.4, -0.2) is 41.4 Å². The van der Waals surface area contributed by atoms with Crippen LogP contribution < -0.4 is 0 Å². The van der Waals surface area contributed by atoms with Gasteiger partial charge in [-0.15, -0.1) is 0 Å². The number of hydrogen-bond acceptors (Lipinski definition) is 1. The molecule has 150 valence electrons. The third-order valence-corrected chi connectivity index (χ3v) is 3.19. The van der Waals surface area contributed by atoms with Crippen molar-refractivity contribution in [2.24, 2.45) is 5.41 Å². The standard InChI is InChI=1S/C10H7F13O2/c11-6(12,7(13,14)10(21,22)23)3-5(8(15,16)17,9(18,19)20)2-1-4(24)25/h1-3H2,(H,24,25). The molecule has 15 heteroatoms. The van der Waals surface area contributed by atoms with E-state index in [0.717, 1.165) is 0 Å². The number of hydrogen-bond donors (Lipinski definition) is 1. The molecular weight excluding hydrogens is 399 g/mol. The van der Waals surface area contributed by atoms with Gasteiger partial charge in [0.2, 0.25) is 0 Å². The van der Waals surface area contributed by atoms with Crippen molar-refractivity contribution in [2.75, 3.05) is 0 Å². The predicted molar refractivity (Wildman–Crippen MR) is 52.0 cm³/mol. The molecule has 0 heterocycles. The highest BCUT2D eigenvalue weighted by Gasteiger charge is 2.80. The molecule has 0 aromatic heterocycles. The zero-order chi connectivity index (χ0) is 20.7. The molecule has 0 amide bonds. The van der Waals surface area contributed by atoms with Gasteiger partial charge in [-0.3, -0.25) is 4.79 Å². The summed E-state index contributed by atoms with van der Waals surface area (Å²) in [5, 5.41) is 8.15. The maximum atomic E-state index is 13.2. The van der Waals surface area contributed by atoms with Gasteiger partial charge in [-0.25, -0.2) is 0 Å². The van der Waals surface area contributed by atoms with Crippen LogP contribution in [0.3, 0.4) is 0 Å². The van der Waals surface area contributed by atoms with Crippen molar-refractivity contribution in [1.29, 1.82) is 0 Å². The molecule has 0 aromatic rings. The van der Waals surface area contributed by atoms with Gasteiger partial charge in [0.1, 0.15) is 0 Å². The Bertz CT molecular complexity index is 471. The van der Waals surface area contributed by atoms with E-state index in [0.29, 0.717) is 0 Å². The summed E-state index contributed by atoms with van der Waals surface area (Å²) in [6.45, 7) is 0. The molecule has 2 nitrogen and oxygen atoms in total. The molecule has 0 radical (unpaired) electrons. The molecule has 0 aliphatic carbocycles. The number of carboxylic acid groups (broad SMARTS) is 1. The molecule has 0 unspecified atom stereocenters. The fraction of sp³-hybridized carbons (Fsp3) is 0.900. The Morgan fingerprint density at radius 2 is 1.04 bits per heavy atom. The molecule has 0 rings (SSSR count). The highest BCUT2D eigenvalue weighted by atomic mass is 19.4. The van der Waals surface area contributed by atoms with E-state index < -0.39 is 61.0 Å². The molecule has 0 atom stereocenters. The normalized spacial score (nSPS) is 15.4. The van der Waals surface area contributed by atoms with Crippen molar-refractivity contribution in [3.63, 3.8) is 0 Å². The minimum atomic E-state index is -7.22. The van der Waals surface area contributed by atoms with Gasteiger partial charge < -0.3 is 5.11 Å². The van der Waals surface area contributed by atoms with Crippen LogP contribution in [0, 0.1) is 5.41 Å². The summed E-state index contributed by atoms with van der Waals surface area (Å²) in [4.78, 5) is 10.2. The molecule has 0 bridgehead atoms. The summed E-state index contributed by atoms with van der Waals surface area (Å²) in [7, 11) is 0. The molecule has 0 aromatic carbocycles. The SMILES string of the molecule is O=C(O)CCC(CC(F)(F)C(F)(F)C(F)(F)F)(C(F)(F)F)C(F)(F)F. The second-order valence-corrected chi connectivity index (χ2v) is 4.92. The molecular formula is C10H7F13O2. The van der Waals surface area contributed by atoms with E-state index in [1.165, 1.54) is 0 Å². The quantitative estimate of drug-likeness (QED) is 0.617. The molecule has 0 spiro atoms. The Morgan fingerprint density at radius 3 is 1.28 bits per heavy atom. The number of rotatable bonds is 6. The van der Waals surface area contributed by atoms with Gasteiger partial charge >= 0.3 is 36.3 Å². The number of halogens is 13. The molecule has 0 fully saturated rings. The summed E-state index contributed by atoms with van der Waals surface area (Å²) in [6, 6.07) is 0. The van der Waals surface area contributed by atoms with Crippen LogP contribution >= 0.6 is 0 Å². The Morgan fingerprint density at radius 1 is 0.680 bits per heavy atom. The van der Waals surface area contributed by atoms with E-state index in [2.05, 4.69) is 0 Å². The van der Waals surface area contributed by atoms with Crippen molar-refractivity contribution in [2.45, 2.75) is 49.6 Å². The zero-order valence-electron chi connectivity index (χ0n) is 11.4. The maximum absolute atomic E-state index is 13.2. The van der Waals surface area contributed by atoms with Crippen LogP contribution in [-0.2, 0) is 4.79 Å². The van der Waals surface area contributed by atoms with Gasteiger partial charge in [-0.05, 0) is 6.42 Å². The van der Waals surface area contributed by atoms with Gasteiger partial charge in [0.15, 0.2) is 5.41 Å². The Kier molecular flexibility index (Phi) is 6.01. The highest BCUT2D eigenvalue weighted by Crippen LogP contribution is 2.61. The van der Waals surface area contributed by atoms with Gasteiger partial charge in [-0.2, -0.15) is 57.1 Å². The van der Waals surface area contributed by atoms with Gasteiger partial charge in [0.25, 0.3) is 0 Å². The minimum Gasteiger partial charge on any atom is -0.481 e. The minimum absolute atomic E-state index is 2.06. The first-order chi connectivity index (χ1) is 10.6. The van der Waals surface area contributed by atoms with Crippen molar-refractivity contribution < 1.29 is 67.0 Å². The second-order valence-electron chi connectivity index (χ2n) is 4.92. The van der Waals surface area contributed by atoms with E-state index in [1.54, 1.807) is 0 Å². The Labute approximate surface area is 129 Å². The molecule has 0 saturated carbocycles. The highest BCUT2D eigenvalue weighted by molar-refractivity contribution is 5.66. The summed E-state index contributed by atoms with van der Waals surface area (Å²) in [5.74, 6) is -16.4. The summed E-state index contributed by atoms with van der Waals surface area (Å²) >= 11 is 0. The third kappa shape index (κ3) is 4.40. The van der Waals surface area contributed by atoms with Crippen molar-refractivity contribution in [3.8, 4) is 0 Å². The lowest BCUT2D eigenvalue weighted by molar-refractivity contribution is -0.396. The topological polar surface area (TPSA) is 37.3 Å². The van der Waals surface area contributed by atoms with Gasteiger partial charge in [0.05, 0.1) is 0 Å². The van der Waals surface area contributed by atoms with Crippen LogP contribution in [0.5, 0.6) is 0 Å². The van der Waals surface area contributed by atoms with Crippen LogP contribution in [0.4, 0.5) is 57.1 Å². The molecule has 0 saturated heterocycles. The van der Waals surface area contributed by atoms with Gasteiger partial charge in [0, 0.05) is 12.8 Å². The van der Waals surface area contributed by atoms with Crippen molar-refractivity contribution in [3.05, 3.63) is 0 Å². The monoisotopic (exact) mass is 406 g/mol. The van der Waals surface area contributed by atoms with Crippen molar-refractivity contribution in [1.82, 2.24) is 0 Å². The lowest BCUT2D eigenvalue weighted by Gasteiger charge is -2.41. The summed E-state index contributed by atoms with van der Waals surface area (Å²) in [6.07, 6.45) is -29.5. The number of carbonyl (C=O) groups is 1. The second kappa shape index (κ2) is 6.37. The van der Waals surface area contributed by atoms with E-state index in [9.17, 15) is 61.9 Å². The molecule has 0 aliphatic rings. The molecule has 25 heavy (non-hydrogen) atoms. The number of aliphatic carboxylic acids is 1. The van der Waals surface area contributed by atoms with Crippen LogP contribution in [0.15, 0.2) is 0 Å². The Hall–Kier alpha value is -1.44. The van der Waals surface area contributed by atoms with E-state index >= 15 is 0 Å². The smallest absolute Gasteiger partial charge is 0.459 e. The number of alkyl halides is 13.